The zero-order chi connectivity index (χ0) is 26.9. The molecule has 2 aromatic carbocycles. The third kappa shape index (κ3) is 6.15. The molecule has 2 heterocycles. The van der Waals surface area contributed by atoms with Crippen LogP contribution in [0.15, 0.2) is 41.3 Å². The quantitative estimate of drug-likeness (QED) is 0.501. The number of amides is 2. The summed E-state index contributed by atoms with van der Waals surface area (Å²) in [6.07, 6.45) is 2.63. The summed E-state index contributed by atoms with van der Waals surface area (Å²) in [4.78, 5) is 26.0. The number of piperidine rings is 1. The topological polar surface area (TPSA) is 110 Å². The Balaban J connectivity index is 1.34. The van der Waals surface area contributed by atoms with E-state index in [4.69, 9.17) is 5.73 Å². The Morgan fingerprint density at radius 3 is 2.22 bits per heavy atom. The minimum Gasteiger partial charge on any atom is -0.337 e. The first-order valence-electron chi connectivity index (χ1n) is 12.2. The second-order valence-electron chi connectivity index (χ2n) is 9.92. The third-order valence-corrected chi connectivity index (χ3v) is 9.06. The van der Waals surface area contributed by atoms with Crippen LogP contribution < -0.4 is 11.1 Å². The zero-order valence-corrected chi connectivity index (χ0v) is 21.2. The molecule has 0 aromatic heterocycles. The van der Waals surface area contributed by atoms with E-state index in [0.717, 1.165) is 18.9 Å². The number of halogens is 3. The zero-order valence-electron chi connectivity index (χ0n) is 20.4. The van der Waals surface area contributed by atoms with E-state index in [-0.39, 0.29) is 58.9 Å². The van der Waals surface area contributed by atoms with Gasteiger partial charge in [0.15, 0.2) is 21.5 Å². The van der Waals surface area contributed by atoms with Crippen molar-refractivity contribution in [3.63, 3.8) is 0 Å². The van der Waals surface area contributed by atoms with E-state index in [1.54, 1.807) is 4.90 Å². The van der Waals surface area contributed by atoms with Gasteiger partial charge in [0, 0.05) is 43.2 Å². The fourth-order valence-corrected chi connectivity index (χ4v) is 6.76. The number of sulfone groups is 1. The van der Waals surface area contributed by atoms with Gasteiger partial charge in [-0.05, 0) is 73.9 Å². The molecule has 0 aliphatic carbocycles. The van der Waals surface area contributed by atoms with Crippen LogP contribution in [0.2, 0.25) is 0 Å². The fourth-order valence-electron chi connectivity index (χ4n) is 5.53. The lowest BCUT2D eigenvalue weighted by molar-refractivity contribution is -0.136. The van der Waals surface area contributed by atoms with Gasteiger partial charge in [-0.25, -0.2) is 21.6 Å². The second kappa shape index (κ2) is 10.8. The normalized spacial score (nSPS) is 22.1. The van der Waals surface area contributed by atoms with Crippen LogP contribution >= 0.6 is 0 Å². The van der Waals surface area contributed by atoms with E-state index in [2.05, 4.69) is 5.32 Å². The molecule has 0 radical (unpaired) electrons. The molecule has 2 aliphatic rings. The van der Waals surface area contributed by atoms with Crippen LogP contribution in [-0.2, 0) is 25.8 Å². The van der Waals surface area contributed by atoms with Crippen molar-refractivity contribution in [2.24, 2.45) is 11.7 Å². The summed E-state index contributed by atoms with van der Waals surface area (Å²) in [5, 5.41) is 2.57. The summed E-state index contributed by atoms with van der Waals surface area (Å²) in [5.41, 5.74) is 6.84. The van der Waals surface area contributed by atoms with Gasteiger partial charge in [0.05, 0.1) is 10.6 Å². The number of nitrogens with one attached hydrogen (secondary N) is 1. The van der Waals surface area contributed by atoms with Gasteiger partial charge in [0.1, 0.15) is 5.82 Å². The van der Waals surface area contributed by atoms with Crippen LogP contribution in [0.5, 0.6) is 0 Å². The number of fused-ring (bicyclic) bond motifs is 2. The molecular weight excluding hydrogens is 507 g/mol. The Morgan fingerprint density at radius 1 is 1.03 bits per heavy atom. The first-order valence-corrected chi connectivity index (χ1v) is 13.9. The lowest BCUT2D eigenvalue weighted by Gasteiger charge is -2.41. The van der Waals surface area contributed by atoms with Crippen molar-refractivity contribution in [2.75, 3.05) is 11.1 Å². The van der Waals surface area contributed by atoms with Crippen LogP contribution in [0.3, 0.4) is 0 Å². The number of anilines is 1. The van der Waals surface area contributed by atoms with E-state index in [1.165, 1.54) is 31.2 Å². The smallest absolute Gasteiger partial charge is 0.224 e. The summed E-state index contributed by atoms with van der Waals surface area (Å²) < 4.78 is 66.4. The number of hydrogen-bond donors (Lipinski definition) is 2. The fraction of sp³-hybridized carbons (Fsp3) is 0.462. The largest absolute Gasteiger partial charge is 0.337 e. The Kier molecular flexibility index (Phi) is 7.94. The van der Waals surface area contributed by atoms with E-state index in [1.807, 2.05) is 0 Å². The molecule has 11 heteroatoms. The highest BCUT2D eigenvalue weighted by atomic mass is 32.2. The van der Waals surface area contributed by atoms with Gasteiger partial charge in [-0.1, -0.05) is 0 Å². The molecular formula is C26H30F3N3O4S. The third-order valence-electron chi connectivity index (χ3n) is 7.33. The number of carbonyl (C=O) groups excluding carboxylic acids is 2. The lowest BCUT2D eigenvalue weighted by atomic mass is 9.82. The van der Waals surface area contributed by atoms with E-state index < -0.39 is 33.3 Å². The molecule has 0 saturated carbocycles. The van der Waals surface area contributed by atoms with E-state index in [9.17, 15) is 31.2 Å². The predicted molar refractivity (Wildman–Crippen MR) is 132 cm³/mol. The van der Waals surface area contributed by atoms with Gasteiger partial charge in [0.2, 0.25) is 11.8 Å². The summed E-state index contributed by atoms with van der Waals surface area (Å²) in [7, 11) is -3.70. The maximum absolute atomic E-state index is 14.1. The summed E-state index contributed by atoms with van der Waals surface area (Å²) in [5.74, 6) is -4.07. The molecule has 200 valence electrons. The van der Waals surface area contributed by atoms with Crippen LogP contribution in [0.1, 0.15) is 44.6 Å². The Labute approximate surface area is 214 Å². The van der Waals surface area contributed by atoms with E-state index >= 15 is 0 Å². The SMILES string of the molecule is CC(=O)Nc1ccc(S(=O)(=O)CCC(=O)N2[C@@H]3CC[C@H]2CC([C@H](N)Cc2cc(F)c(F)cc2F)C3)cc1. The lowest BCUT2D eigenvalue weighted by Crippen LogP contribution is -2.50. The summed E-state index contributed by atoms with van der Waals surface area (Å²) in [6, 6.07) is 6.50. The number of benzene rings is 2. The van der Waals surface area contributed by atoms with Crippen molar-refractivity contribution < 1.29 is 31.2 Å². The molecule has 4 atom stereocenters. The van der Waals surface area contributed by atoms with Gasteiger partial charge in [-0.15, -0.1) is 0 Å². The second-order valence-corrected chi connectivity index (χ2v) is 12.0. The van der Waals surface area contributed by atoms with Crippen LogP contribution in [0.25, 0.3) is 0 Å². The van der Waals surface area contributed by atoms with Crippen LogP contribution in [0.4, 0.5) is 18.9 Å². The van der Waals surface area contributed by atoms with Gasteiger partial charge in [0.25, 0.3) is 0 Å². The molecule has 2 fully saturated rings. The number of rotatable bonds is 8. The monoisotopic (exact) mass is 537 g/mol. The first kappa shape index (κ1) is 27.1. The van der Waals surface area contributed by atoms with Crippen LogP contribution in [0, 0.1) is 23.4 Å². The first-order chi connectivity index (χ1) is 17.4. The molecule has 2 aromatic rings. The molecule has 4 rings (SSSR count). The van der Waals surface area contributed by atoms with Crippen molar-refractivity contribution in [3.05, 3.63) is 59.4 Å². The molecule has 2 amide bonds. The molecule has 0 spiro atoms. The van der Waals surface area contributed by atoms with Gasteiger partial charge >= 0.3 is 0 Å². The number of nitrogens with two attached hydrogens (primary N) is 1. The Bertz CT molecular complexity index is 1270. The van der Waals surface area contributed by atoms with Crippen LogP contribution in [-0.4, -0.2) is 49.0 Å². The van der Waals surface area contributed by atoms with Gasteiger partial charge in [-0.3, -0.25) is 9.59 Å². The maximum atomic E-state index is 14.1. The molecule has 2 saturated heterocycles. The summed E-state index contributed by atoms with van der Waals surface area (Å²) >= 11 is 0. The highest BCUT2D eigenvalue weighted by Gasteiger charge is 2.44. The molecule has 2 bridgehead atoms. The van der Waals surface area contributed by atoms with Gasteiger partial charge < -0.3 is 16.0 Å². The van der Waals surface area contributed by atoms with Crippen molar-refractivity contribution in [3.8, 4) is 0 Å². The molecule has 37 heavy (non-hydrogen) atoms. The number of hydrogen-bond acceptors (Lipinski definition) is 5. The minimum atomic E-state index is -3.70. The van der Waals surface area contributed by atoms with E-state index in [0.29, 0.717) is 24.6 Å². The Morgan fingerprint density at radius 2 is 1.62 bits per heavy atom. The predicted octanol–water partition coefficient (Wildman–Crippen LogP) is 3.57. The minimum absolute atomic E-state index is 0.0209. The maximum Gasteiger partial charge on any atom is 0.224 e. The number of carbonyl (C=O) groups is 2. The van der Waals surface area contributed by atoms with Crippen molar-refractivity contribution in [1.82, 2.24) is 4.90 Å². The highest BCUT2D eigenvalue weighted by molar-refractivity contribution is 7.91. The number of nitrogens with zero attached hydrogens (tertiary/aromatic N) is 1. The van der Waals surface area contributed by atoms with Crippen molar-refractivity contribution in [1.29, 1.82) is 0 Å². The molecule has 3 N–H and O–H groups in total. The van der Waals surface area contributed by atoms with Gasteiger partial charge in [-0.2, -0.15) is 0 Å². The summed E-state index contributed by atoms with van der Waals surface area (Å²) in [6.45, 7) is 1.35. The van der Waals surface area contributed by atoms with Crippen molar-refractivity contribution >= 4 is 27.3 Å². The average Bonchev–Trinajstić information content (AvgIpc) is 3.10. The Hall–Kier alpha value is -2.92. The standard InChI is InChI=1S/C26H30F3N3O4S/c1-15(33)31-18-2-6-21(7-3-18)37(35,36)9-8-26(34)32-19-4-5-20(32)11-17(10-19)25(30)13-16-12-23(28)24(29)14-22(16)27/h2-3,6-7,12,14,17,19-20,25H,4-5,8-11,13,30H2,1H3,(H,31,33)/t17?,19-,20+,25-/m1/s1. The highest BCUT2D eigenvalue weighted by Crippen LogP contribution is 2.40. The van der Waals surface area contributed by atoms with Crippen molar-refractivity contribution in [2.45, 2.75) is 68.5 Å². The molecule has 1 unspecified atom stereocenters. The molecule has 7 nitrogen and oxygen atoms in total. The average molecular weight is 538 g/mol. The molecule has 2 aliphatic heterocycles.